The van der Waals surface area contributed by atoms with Crippen LogP contribution in [0.5, 0.6) is 5.75 Å². The quantitative estimate of drug-likeness (QED) is 0.797. The summed E-state index contributed by atoms with van der Waals surface area (Å²) in [7, 11) is 1.71. The molecule has 2 heteroatoms. The fourth-order valence-electron chi connectivity index (χ4n) is 2.92. The number of hydrogen-bond acceptors (Lipinski definition) is 2. The van der Waals surface area contributed by atoms with E-state index in [9.17, 15) is 0 Å². The van der Waals surface area contributed by atoms with Gasteiger partial charge in [0.05, 0.1) is 7.11 Å². The molecule has 0 radical (unpaired) electrons. The molecule has 1 atom stereocenters. The van der Waals surface area contributed by atoms with Gasteiger partial charge in [-0.3, -0.25) is 0 Å². The lowest BCUT2D eigenvalue weighted by Crippen LogP contribution is -2.25. The molecule has 0 amide bonds. The van der Waals surface area contributed by atoms with E-state index in [4.69, 9.17) is 4.74 Å². The molecule has 0 bridgehead atoms. The highest BCUT2D eigenvalue weighted by Gasteiger charge is 2.13. The molecule has 0 aromatic heterocycles. The smallest absolute Gasteiger partial charge is 0.118 e. The maximum atomic E-state index is 5.20. The molecule has 1 aliphatic carbocycles. The average molecular weight is 261 g/mol. The van der Waals surface area contributed by atoms with Crippen LogP contribution in [0.15, 0.2) is 24.3 Å². The van der Waals surface area contributed by atoms with Crippen LogP contribution in [0.3, 0.4) is 0 Å². The molecule has 1 saturated carbocycles. The van der Waals surface area contributed by atoms with Crippen molar-refractivity contribution in [2.75, 3.05) is 13.7 Å². The molecule has 1 aliphatic rings. The summed E-state index contributed by atoms with van der Waals surface area (Å²) in [6, 6.07) is 8.82. The molecule has 19 heavy (non-hydrogen) atoms. The zero-order valence-electron chi connectivity index (χ0n) is 12.3. The van der Waals surface area contributed by atoms with E-state index >= 15 is 0 Å². The van der Waals surface area contributed by atoms with Crippen LogP contribution in [0.4, 0.5) is 0 Å². The van der Waals surface area contributed by atoms with Crippen LogP contribution >= 0.6 is 0 Å². The molecular weight excluding hydrogens is 234 g/mol. The minimum absolute atomic E-state index is 0.425. The minimum Gasteiger partial charge on any atom is -0.497 e. The van der Waals surface area contributed by atoms with E-state index in [0.717, 1.165) is 18.2 Å². The van der Waals surface area contributed by atoms with Crippen LogP contribution < -0.4 is 10.1 Å². The zero-order valence-corrected chi connectivity index (χ0v) is 12.3. The average Bonchev–Trinajstić information content (AvgIpc) is 2.73. The Kier molecular flexibility index (Phi) is 5.71. The van der Waals surface area contributed by atoms with Crippen molar-refractivity contribution < 1.29 is 4.74 Å². The van der Waals surface area contributed by atoms with Gasteiger partial charge in [0, 0.05) is 6.04 Å². The van der Waals surface area contributed by atoms with Crippen molar-refractivity contribution in [3.63, 3.8) is 0 Å². The van der Waals surface area contributed by atoms with Crippen molar-refractivity contribution in [3.8, 4) is 5.75 Å². The van der Waals surface area contributed by atoms with Crippen LogP contribution in [0.2, 0.25) is 0 Å². The van der Waals surface area contributed by atoms with Crippen molar-refractivity contribution in [1.82, 2.24) is 5.32 Å². The van der Waals surface area contributed by atoms with E-state index in [0.29, 0.717) is 6.04 Å². The predicted octanol–water partition coefficient (Wildman–Crippen LogP) is 4.32. The summed E-state index contributed by atoms with van der Waals surface area (Å²) in [6.45, 7) is 3.41. The van der Waals surface area contributed by atoms with Gasteiger partial charge in [0.25, 0.3) is 0 Å². The van der Waals surface area contributed by atoms with Crippen molar-refractivity contribution in [2.24, 2.45) is 5.92 Å². The Morgan fingerprint density at radius 1 is 1.11 bits per heavy atom. The fourth-order valence-corrected chi connectivity index (χ4v) is 2.92. The van der Waals surface area contributed by atoms with Gasteiger partial charge in [-0.2, -0.15) is 0 Å². The molecule has 1 unspecified atom stereocenters. The number of nitrogens with one attached hydrogen (secondary N) is 1. The molecule has 0 heterocycles. The first-order valence-electron chi connectivity index (χ1n) is 7.67. The molecule has 2 nitrogen and oxygen atoms in total. The van der Waals surface area contributed by atoms with Gasteiger partial charge in [-0.1, -0.05) is 37.8 Å². The van der Waals surface area contributed by atoms with Crippen molar-refractivity contribution in [2.45, 2.75) is 51.5 Å². The molecule has 1 aromatic rings. The molecule has 106 valence electrons. The van der Waals surface area contributed by atoms with E-state index in [1.807, 2.05) is 12.1 Å². The van der Waals surface area contributed by atoms with Crippen molar-refractivity contribution >= 4 is 0 Å². The third-order valence-corrected chi connectivity index (χ3v) is 4.30. The van der Waals surface area contributed by atoms with Crippen molar-refractivity contribution in [3.05, 3.63) is 29.8 Å². The second kappa shape index (κ2) is 7.54. The van der Waals surface area contributed by atoms with E-state index < -0.39 is 0 Å². The van der Waals surface area contributed by atoms with Gasteiger partial charge in [-0.25, -0.2) is 0 Å². The SMILES string of the molecule is COc1ccc(C(C)NCC2CCCCCC2)cc1. The van der Waals surface area contributed by atoms with Crippen molar-refractivity contribution in [1.29, 1.82) is 0 Å². The van der Waals surface area contributed by atoms with Gasteiger partial charge >= 0.3 is 0 Å². The number of rotatable bonds is 5. The Labute approximate surface area is 117 Å². The zero-order chi connectivity index (χ0) is 13.5. The first-order valence-corrected chi connectivity index (χ1v) is 7.67. The normalized spacial score (nSPS) is 18.8. The number of hydrogen-bond donors (Lipinski definition) is 1. The molecule has 0 spiro atoms. The van der Waals surface area contributed by atoms with Gasteiger partial charge in [0.2, 0.25) is 0 Å². The molecular formula is C17H27NO. The Hall–Kier alpha value is -1.02. The maximum absolute atomic E-state index is 5.20. The monoisotopic (exact) mass is 261 g/mol. The lowest BCUT2D eigenvalue weighted by molar-refractivity contribution is 0.401. The van der Waals surface area contributed by atoms with Gasteiger partial charge in [-0.15, -0.1) is 0 Å². The van der Waals surface area contributed by atoms with Crippen LogP contribution in [0, 0.1) is 5.92 Å². The molecule has 1 N–H and O–H groups in total. The summed E-state index contributed by atoms with van der Waals surface area (Å²) in [5.41, 5.74) is 1.34. The third-order valence-electron chi connectivity index (χ3n) is 4.30. The number of ether oxygens (including phenoxy) is 1. The van der Waals surface area contributed by atoms with Crippen LogP contribution in [-0.2, 0) is 0 Å². The first kappa shape index (κ1) is 14.4. The number of methoxy groups -OCH3 is 1. The van der Waals surface area contributed by atoms with E-state index in [2.05, 4.69) is 24.4 Å². The van der Waals surface area contributed by atoms with Crippen LogP contribution in [0.1, 0.15) is 57.1 Å². The second-order valence-electron chi connectivity index (χ2n) is 5.76. The van der Waals surface area contributed by atoms with E-state index in [1.54, 1.807) is 7.11 Å². The minimum atomic E-state index is 0.425. The van der Waals surface area contributed by atoms with Crippen LogP contribution in [0.25, 0.3) is 0 Å². The molecule has 0 saturated heterocycles. The van der Waals surface area contributed by atoms with E-state index in [-0.39, 0.29) is 0 Å². The predicted molar refractivity (Wildman–Crippen MR) is 80.6 cm³/mol. The highest BCUT2D eigenvalue weighted by molar-refractivity contribution is 5.28. The standard InChI is InChI=1S/C17H27NO/c1-14(16-9-11-17(19-2)12-10-16)18-13-15-7-5-3-4-6-8-15/h9-12,14-15,18H,3-8,13H2,1-2H3. The fraction of sp³-hybridized carbons (Fsp3) is 0.647. The van der Waals surface area contributed by atoms with Crippen LogP contribution in [-0.4, -0.2) is 13.7 Å². The lowest BCUT2D eigenvalue weighted by atomic mass is 9.99. The Morgan fingerprint density at radius 2 is 1.74 bits per heavy atom. The van der Waals surface area contributed by atoms with Gasteiger partial charge < -0.3 is 10.1 Å². The highest BCUT2D eigenvalue weighted by atomic mass is 16.5. The Morgan fingerprint density at radius 3 is 2.32 bits per heavy atom. The molecule has 1 fully saturated rings. The van der Waals surface area contributed by atoms with Gasteiger partial charge in [-0.05, 0) is 49.9 Å². The Balaban J connectivity index is 1.80. The summed E-state index contributed by atoms with van der Waals surface area (Å²) in [6.07, 6.45) is 8.52. The summed E-state index contributed by atoms with van der Waals surface area (Å²) >= 11 is 0. The topological polar surface area (TPSA) is 21.3 Å². The molecule has 0 aliphatic heterocycles. The van der Waals surface area contributed by atoms with Gasteiger partial charge in [0.15, 0.2) is 0 Å². The summed E-state index contributed by atoms with van der Waals surface area (Å²) in [5, 5.41) is 3.69. The largest absolute Gasteiger partial charge is 0.497 e. The first-order chi connectivity index (χ1) is 9.29. The summed E-state index contributed by atoms with van der Waals surface area (Å²) in [4.78, 5) is 0. The lowest BCUT2D eigenvalue weighted by Gasteiger charge is -2.20. The highest BCUT2D eigenvalue weighted by Crippen LogP contribution is 2.23. The second-order valence-corrected chi connectivity index (χ2v) is 5.76. The number of benzene rings is 1. The van der Waals surface area contributed by atoms with E-state index in [1.165, 1.54) is 44.1 Å². The molecule has 2 rings (SSSR count). The molecule has 1 aromatic carbocycles. The maximum Gasteiger partial charge on any atom is 0.118 e. The Bertz CT molecular complexity index is 352. The summed E-state index contributed by atoms with van der Waals surface area (Å²) in [5.74, 6) is 1.81. The van der Waals surface area contributed by atoms with Gasteiger partial charge in [0.1, 0.15) is 5.75 Å². The summed E-state index contributed by atoms with van der Waals surface area (Å²) < 4.78 is 5.20. The third kappa shape index (κ3) is 4.54.